The summed E-state index contributed by atoms with van der Waals surface area (Å²) in [6.07, 6.45) is 0.366. The highest BCUT2D eigenvalue weighted by atomic mass is 32.2. The molecule has 212 valence electrons. The molecule has 0 unspecified atom stereocenters. The number of nitrogens with one attached hydrogen (secondary N) is 4. The average Bonchev–Trinajstić information content (AvgIpc) is 2.93. The van der Waals surface area contributed by atoms with Crippen molar-refractivity contribution in [1.82, 2.24) is 15.4 Å². The maximum absolute atomic E-state index is 13.2. The molecule has 0 fully saturated rings. The zero-order valence-corrected chi connectivity index (χ0v) is 22.5. The summed E-state index contributed by atoms with van der Waals surface area (Å²) in [5, 5.41) is 31.8. The number of benzene rings is 3. The summed E-state index contributed by atoms with van der Waals surface area (Å²) in [5.41, 5.74) is 7.99. The number of amides is 2. The fourth-order valence-corrected chi connectivity index (χ4v) is 5.22. The number of aryl methyl sites for hydroxylation is 1. The van der Waals surface area contributed by atoms with Crippen molar-refractivity contribution in [2.45, 2.75) is 37.2 Å². The van der Waals surface area contributed by atoms with Crippen LogP contribution in [0.5, 0.6) is 5.75 Å². The topological polar surface area (TPSA) is 195 Å². The molecule has 11 nitrogen and oxygen atoms in total. The van der Waals surface area contributed by atoms with Crippen LogP contribution in [0.15, 0.2) is 78.9 Å². The lowest BCUT2D eigenvalue weighted by atomic mass is 10.0. The molecular formula is C28H33N5O6S. The zero-order valence-electron chi connectivity index (χ0n) is 21.7. The minimum atomic E-state index is -3.95. The Labute approximate surface area is 233 Å². The minimum Gasteiger partial charge on any atom is -0.508 e. The minimum absolute atomic E-state index is 0.0624. The van der Waals surface area contributed by atoms with Crippen molar-refractivity contribution in [3.05, 3.63) is 101 Å². The predicted molar refractivity (Wildman–Crippen MR) is 151 cm³/mol. The molecule has 2 atom stereocenters. The standard InChI is InChI=1S/C28H33N5O6S/c29-26(30)22-11-6-20(7-12-22)16-31-27(36)25(17-34)32-28(37)24(15-10-19-8-13-23(35)14-9-19)33-40(38,39)18-21-4-2-1-3-5-21/h1-9,11-14,24-25,33-35H,10,15-18H2,(H3,29,30)(H,31,36)(H,32,37)/t24-,25+/m1/s1. The van der Waals surface area contributed by atoms with Gasteiger partial charge in [0.1, 0.15) is 23.7 Å². The van der Waals surface area contributed by atoms with Crippen molar-refractivity contribution in [3.8, 4) is 5.75 Å². The van der Waals surface area contributed by atoms with Gasteiger partial charge in [-0.25, -0.2) is 13.1 Å². The van der Waals surface area contributed by atoms with E-state index in [0.29, 0.717) is 23.1 Å². The molecule has 2 amide bonds. The highest BCUT2D eigenvalue weighted by molar-refractivity contribution is 7.88. The number of hydrogen-bond acceptors (Lipinski definition) is 7. The number of sulfonamides is 1. The number of carbonyl (C=O) groups excluding carboxylic acids is 2. The lowest BCUT2D eigenvalue weighted by molar-refractivity contribution is -0.130. The third kappa shape index (κ3) is 9.49. The maximum atomic E-state index is 13.2. The Morgan fingerprint density at radius 3 is 2.08 bits per heavy atom. The summed E-state index contributed by atoms with van der Waals surface area (Å²) in [4.78, 5) is 25.9. The first-order chi connectivity index (χ1) is 19.1. The number of aliphatic hydroxyl groups excluding tert-OH is 1. The number of amidine groups is 1. The van der Waals surface area contributed by atoms with Gasteiger partial charge in [0.05, 0.1) is 12.4 Å². The number of nitrogen functional groups attached to an aromatic ring is 1. The van der Waals surface area contributed by atoms with Gasteiger partial charge in [-0.2, -0.15) is 0 Å². The Bertz CT molecular complexity index is 1400. The number of phenols is 1. The summed E-state index contributed by atoms with van der Waals surface area (Å²) in [6.45, 7) is -0.611. The Hall–Kier alpha value is -4.26. The third-order valence-corrected chi connectivity index (χ3v) is 7.40. The molecule has 3 aromatic carbocycles. The maximum Gasteiger partial charge on any atom is 0.245 e. The first kappa shape index (κ1) is 30.3. The van der Waals surface area contributed by atoms with E-state index in [2.05, 4.69) is 15.4 Å². The normalized spacial score (nSPS) is 12.7. The summed E-state index contributed by atoms with van der Waals surface area (Å²) in [7, 11) is -3.95. The van der Waals surface area contributed by atoms with Gasteiger partial charge in [0, 0.05) is 12.1 Å². The molecule has 0 saturated carbocycles. The van der Waals surface area contributed by atoms with Crippen LogP contribution in [0.1, 0.15) is 28.7 Å². The van der Waals surface area contributed by atoms with E-state index in [1.165, 1.54) is 12.1 Å². The van der Waals surface area contributed by atoms with Gasteiger partial charge in [0.25, 0.3) is 0 Å². The lowest BCUT2D eigenvalue weighted by Crippen LogP contribution is -2.55. The SMILES string of the molecule is N=C(N)c1ccc(CNC(=O)[C@H](CO)NC(=O)[C@@H](CCc2ccc(O)cc2)NS(=O)(=O)Cc2ccccc2)cc1. The molecule has 3 aromatic rings. The number of phenolic OH excluding ortho intramolecular Hbond substituents is 1. The van der Waals surface area contributed by atoms with E-state index < -0.39 is 40.5 Å². The molecule has 0 bridgehead atoms. The molecule has 0 spiro atoms. The van der Waals surface area contributed by atoms with Gasteiger partial charge < -0.3 is 26.6 Å². The molecule has 3 rings (SSSR count). The van der Waals surface area contributed by atoms with Gasteiger partial charge in [0.2, 0.25) is 21.8 Å². The van der Waals surface area contributed by atoms with Crippen LogP contribution in [0.25, 0.3) is 0 Å². The molecule has 0 aromatic heterocycles. The Morgan fingerprint density at radius 1 is 0.850 bits per heavy atom. The van der Waals surface area contributed by atoms with Crippen LogP contribution in [0.2, 0.25) is 0 Å². The van der Waals surface area contributed by atoms with Crippen molar-refractivity contribution in [1.29, 1.82) is 5.41 Å². The quantitative estimate of drug-likeness (QED) is 0.111. The molecule has 0 radical (unpaired) electrons. The lowest BCUT2D eigenvalue weighted by Gasteiger charge is -2.22. The zero-order chi connectivity index (χ0) is 29.1. The molecule has 0 aliphatic rings. The van der Waals surface area contributed by atoms with Gasteiger partial charge >= 0.3 is 0 Å². The average molecular weight is 568 g/mol. The van der Waals surface area contributed by atoms with Crippen LogP contribution in [-0.4, -0.2) is 55.0 Å². The van der Waals surface area contributed by atoms with Crippen molar-refractivity contribution in [2.24, 2.45) is 5.73 Å². The first-order valence-corrected chi connectivity index (χ1v) is 14.2. The Morgan fingerprint density at radius 2 is 1.48 bits per heavy atom. The molecule has 12 heteroatoms. The van der Waals surface area contributed by atoms with Gasteiger partial charge in [-0.1, -0.05) is 66.7 Å². The smallest absolute Gasteiger partial charge is 0.245 e. The van der Waals surface area contributed by atoms with Gasteiger partial charge in [-0.3, -0.25) is 15.0 Å². The second kappa shape index (κ2) is 14.2. The largest absolute Gasteiger partial charge is 0.508 e. The number of hydrogen-bond donors (Lipinski definition) is 7. The van der Waals surface area contributed by atoms with Gasteiger partial charge in [-0.05, 0) is 41.7 Å². The fraction of sp³-hybridized carbons (Fsp3) is 0.250. The van der Waals surface area contributed by atoms with Crippen molar-refractivity contribution in [2.75, 3.05) is 6.61 Å². The van der Waals surface area contributed by atoms with E-state index in [9.17, 15) is 28.2 Å². The monoisotopic (exact) mass is 567 g/mol. The van der Waals surface area contributed by atoms with Crippen molar-refractivity contribution >= 4 is 27.7 Å². The second-order valence-electron chi connectivity index (χ2n) is 9.19. The Kier molecular flexibility index (Phi) is 10.8. The number of carbonyl (C=O) groups is 2. The van der Waals surface area contributed by atoms with Crippen LogP contribution in [0.4, 0.5) is 0 Å². The van der Waals surface area contributed by atoms with Gasteiger partial charge in [-0.15, -0.1) is 0 Å². The Balaban J connectivity index is 1.68. The van der Waals surface area contributed by atoms with E-state index in [1.807, 2.05) is 0 Å². The predicted octanol–water partition coefficient (Wildman–Crippen LogP) is 0.891. The van der Waals surface area contributed by atoms with Crippen LogP contribution in [0, 0.1) is 5.41 Å². The summed E-state index contributed by atoms with van der Waals surface area (Å²) in [6, 6.07) is 18.9. The number of rotatable bonds is 14. The molecule has 0 aliphatic carbocycles. The summed E-state index contributed by atoms with van der Waals surface area (Å²) < 4.78 is 28.3. The van der Waals surface area contributed by atoms with Gasteiger partial charge in [0.15, 0.2) is 0 Å². The highest BCUT2D eigenvalue weighted by Gasteiger charge is 2.28. The summed E-state index contributed by atoms with van der Waals surface area (Å²) in [5.74, 6) is -1.78. The highest BCUT2D eigenvalue weighted by Crippen LogP contribution is 2.13. The van der Waals surface area contributed by atoms with Crippen LogP contribution < -0.4 is 21.1 Å². The first-order valence-electron chi connectivity index (χ1n) is 12.5. The van der Waals surface area contributed by atoms with Crippen LogP contribution in [0.3, 0.4) is 0 Å². The molecule has 8 N–H and O–H groups in total. The molecule has 0 aliphatic heterocycles. The van der Waals surface area contributed by atoms with E-state index >= 15 is 0 Å². The molecular weight excluding hydrogens is 534 g/mol. The van der Waals surface area contributed by atoms with E-state index in [4.69, 9.17) is 11.1 Å². The fourth-order valence-electron chi connectivity index (χ4n) is 3.85. The van der Waals surface area contributed by atoms with Crippen molar-refractivity contribution in [3.63, 3.8) is 0 Å². The number of aliphatic hydroxyl groups is 1. The van der Waals surface area contributed by atoms with E-state index in [0.717, 1.165) is 5.56 Å². The second-order valence-corrected chi connectivity index (χ2v) is 10.9. The molecule has 0 saturated heterocycles. The summed E-state index contributed by atoms with van der Waals surface area (Å²) >= 11 is 0. The molecule has 0 heterocycles. The van der Waals surface area contributed by atoms with E-state index in [1.54, 1.807) is 66.7 Å². The third-order valence-electron chi connectivity index (χ3n) is 6.04. The van der Waals surface area contributed by atoms with E-state index in [-0.39, 0.29) is 30.3 Å². The van der Waals surface area contributed by atoms with Crippen molar-refractivity contribution < 1.29 is 28.2 Å². The molecule has 40 heavy (non-hydrogen) atoms. The van der Waals surface area contributed by atoms with Crippen LogP contribution in [-0.2, 0) is 38.3 Å². The number of aromatic hydroxyl groups is 1. The number of nitrogens with two attached hydrogens (primary N) is 1. The van der Waals surface area contributed by atoms with Crippen LogP contribution >= 0.6 is 0 Å².